The fourth-order valence-electron chi connectivity index (χ4n) is 4.03. The highest BCUT2D eigenvalue weighted by Gasteiger charge is 2.18. The summed E-state index contributed by atoms with van der Waals surface area (Å²) in [6.45, 7) is 6.97. The Morgan fingerprint density at radius 2 is 1.67 bits per heavy atom. The van der Waals surface area contributed by atoms with Gasteiger partial charge < -0.3 is 9.64 Å². The predicted molar refractivity (Wildman–Crippen MR) is 114 cm³/mol. The first kappa shape index (κ1) is 19.9. The van der Waals surface area contributed by atoms with Crippen LogP contribution >= 0.6 is 0 Å². The Labute approximate surface area is 165 Å². The summed E-state index contributed by atoms with van der Waals surface area (Å²) < 4.78 is 6.20. The van der Waals surface area contributed by atoms with Crippen LogP contribution in [0.15, 0.2) is 54.6 Å². The summed E-state index contributed by atoms with van der Waals surface area (Å²) in [4.78, 5) is 2.65. The number of piperidine rings is 1. The van der Waals surface area contributed by atoms with Gasteiger partial charge in [-0.25, -0.2) is 0 Å². The molecule has 1 saturated heterocycles. The molecule has 1 aliphatic rings. The number of hydrogen-bond acceptors (Lipinski definition) is 2. The fraction of sp³-hybridized carbons (Fsp3) is 0.520. The van der Waals surface area contributed by atoms with Crippen molar-refractivity contribution in [2.75, 3.05) is 26.2 Å². The zero-order valence-electron chi connectivity index (χ0n) is 16.9. The normalized spacial score (nSPS) is 15.7. The summed E-state index contributed by atoms with van der Waals surface area (Å²) in [6, 6.07) is 19.2. The Morgan fingerprint density at radius 3 is 2.44 bits per heavy atom. The predicted octanol–water partition coefficient (Wildman–Crippen LogP) is 5.95. The van der Waals surface area contributed by atoms with Gasteiger partial charge in [-0.3, -0.25) is 0 Å². The SMILES string of the molecule is CCCCCN1CCC(CCOc2ccccc2Cc2ccccc2)CC1. The van der Waals surface area contributed by atoms with Crippen molar-refractivity contribution in [3.8, 4) is 5.75 Å². The first-order valence-electron chi connectivity index (χ1n) is 10.8. The van der Waals surface area contributed by atoms with Gasteiger partial charge in [-0.15, -0.1) is 0 Å². The van der Waals surface area contributed by atoms with E-state index in [1.165, 1.54) is 69.3 Å². The Bertz CT molecular complexity index is 646. The van der Waals surface area contributed by atoms with Crippen LogP contribution in [-0.4, -0.2) is 31.1 Å². The van der Waals surface area contributed by atoms with Crippen molar-refractivity contribution in [1.82, 2.24) is 4.90 Å². The fourth-order valence-corrected chi connectivity index (χ4v) is 4.03. The Balaban J connectivity index is 1.41. The molecule has 0 N–H and O–H groups in total. The number of benzene rings is 2. The van der Waals surface area contributed by atoms with Gasteiger partial charge in [0.15, 0.2) is 0 Å². The Kier molecular flexibility index (Phi) is 8.23. The lowest BCUT2D eigenvalue weighted by molar-refractivity contribution is 0.161. The second kappa shape index (κ2) is 11.1. The summed E-state index contributed by atoms with van der Waals surface area (Å²) in [5.41, 5.74) is 2.62. The van der Waals surface area contributed by atoms with Crippen LogP contribution in [0, 0.1) is 5.92 Å². The topological polar surface area (TPSA) is 12.5 Å². The highest BCUT2D eigenvalue weighted by Crippen LogP contribution is 2.24. The quantitative estimate of drug-likeness (QED) is 0.483. The van der Waals surface area contributed by atoms with E-state index in [4.69, 9.17) is 4.74 Å². The third kappa shape index (κ3) is 6.70. The second-order valence-corrected chi connectivity index (χ2v) is 7.90. The maximum atomic E-state index is 6.20. The van der Waals surface area contributed by atoms with Gasteiger partial charge in [-0.05, 0) is 68.4 Å². The van der Waals surface area contributed by atoms with Gasteiger partial charge >= 0.3 is 0 Å². The summed E-state index contributed by atoms with van der Waals surface area (Å²) in [5.74, 6) is 1.88. The lowest BCUT2D eigenvalue weighted by Crippen LogP contribution is -2.34. The molecule has 2 aromatic rings. The van der Waals surface area contributed by atoms with E-state index in [0.29, 0.717) is 0 Å². The zero-order valence-corrected chi connectivity index (χ0v) is 16.9. The summed E-state index contributed by atoms with van der Waals surface area (Å²) in [6.07, 6.45) is 8.84. The van der Waals surface area contributed by atoms with Crippen molar-refractivity contribution in [1.29, 1.82) is 0 Å². The van der Waals surface area contributed by atoms with Crippen LogP contribution in [0.4, 0.5) is 0 Å². The highest BCUT2D eigenvalue weighted by atomic mass is 16.5. The van der Waals surface area contributed by atoms with Gasteiger partial charge in [0.25, 0.3) is 0 Å². The molecule has 0 spiro atoms. The van der Waals surface area contributed by atoms with Gasteiger partial charge in [0, 0.05) is 6.42 Å². The summed E-state index contributed by atoms with van der Waals surface area (Å²) in [5, 5.41) is 0. The molecule has 2 nitrogen and oxygen atoms in total. The second-order valence-electron chi connectivity index (χ2n) is 7.90. The van der Waals surface area contributed by atoms with E-state index >= 15 is 0 Å². The van der Waals surface area contributed by atoms with E-state index in [-0.39, 0.29) is 0 Å². The van der Waals surface area contributed by atoms with Gasteiger partial charge in [-0.1, -0.05) is 68.3 Å². The molecule has 1 aliphatic heterocycles. The maximum absolute atomic E-state index is 6.20. The molecule has 3 rings (SSSR count). The standard InChI is InChI=1S/C25H35NO/c1-2-3-9-17-26-18-14-22(15-19-26)16-20-27-25-13-8-7-12-24(25)21-23-10-5-4-6-11-23/h4-8,10-13,22H,2-3,9,14-21H2,1H3. The molecule has 0 amide bonds. The van der Waals surface area contributed by atoms with Gasteiger partial charge in [0.2, 0.25) is 0 Å². The monoisotopic (exact) mass is 365 g/mol. The van der Waals surface area contributed by atoms with Crippen molar-refractivity contribution in [3.63, 3.8) is 0 Å². The van der Waals surface area contributed by atoms with Crippen LogP contribution < -0.4 is 4.74 Å². The van der Waals surface area contributed by atoms with E-state index in [1.807, 2.05) is 0 Å². The first-order chi connectivity index (χ1) is 13.3. The lowest BCUT2D eigenvalue weighted by Gasteiger charge is -2.32. The Hall–Kier alpha value is -1.80. The number of ether oxygens (including phenoxy) is 1. The van der Waals surface area contributed by atoms with Crippen molar-refractivity contribution in [2.45, 2.75) is 51.9 Å². The van der Waals surface area contributed by atoms with Crippen LogP contribution in [0.3, 0.4) is 0 Å². The van der Waals surface area contributed by atoms with E-state index in [9.17, 15) is 0 Å². The first-order valence-corrected chi connectivity index (χ1v) is 10.8. The number of rotatable bonds is 10. The molecule has 0 unspecified atom stereocenters. The Morgan fingerprint density at radius 1 is 0.926 bits per heavy atom. The van der Waals surface area contributed by atoms with Crippen LogP contribution in [0.1, 0.15) is 56.6 Å². The average Bonchev–Trinajstić information content (AvgIpc) is 2.71. The van der Waals surface area contributed by atoms with Gasteiger partial charge in [-0.2, -0.15) is 0 Å². The minimum atomic E-state index is 0.828. The number of para-hydroxylation sites is 1. The molecule has 1 fully saturated rings. The van der Waals surface area contributed by atoms with Crippen LogP contribution in [0.25, 0.3) is 0 Å². The van der Waals surface area contributed by atoms with E-state index < -0.39 is 0 Å². The third-order valence-corrected chi connectivity index (χ3v) is 5.78. The van der Waals surface area contributed by atoms with Gasteiger partial charge in [0.05, 0.1) is 6.61 Å². The third-order valence-electron chi connectivity index (χ3n) is 5.78. The molecular weight excluding hydrogens is 330 g/mol. The average molecular weight is 366 g/mol. The minimum absolute atomic E-state index is 0.828. The molecule has 0 radical (unpaired) electrons. The highest BCUT2D eigenvalue weighted by molar-refractivity contribution is 5.37. The molecule has 1 heterocycles. The summed E-state index contributed by atoms with van der Waals surface area (Å²) in [7, 11) is 0. The number of likely N-dealkylation sites (tertiary alicyclic amines) is 1. The van der Waals surface area contributed by atoms with Crippen molar-refractivity contribution in [3.05, 3.63) is 65.7 Å². The number of hydrogen-bond donors (Lipinski definition) is 0. The largest absolute Gasteiger partial charge is 0.493 e. The lowest BCUT2D eigenvalue weighted by atomic mass is 9.94. The molecule has 0 aliphatic carbocycles. The van der Waals surface area contributed by atoms with E-state index in [2.05, 4.69) is 66.4 Å². The molecule has 2 heteroatoms. The molecule has 2 aromatic carbocycles. The molecule has 0 saturated carbocycles. The number of nitrogens with zero attached hydrogens (tertiary/aromatic N) is 1. The molecular formula is C25H35NO. The van der Waals surface area contributed by atoms with Crippen LogP contribution in [0.2, 0.25) is 0 Å². The van der Waals surface area contributed by atoms with E-state index in [1.54, 1.807) is 0 Å². The molecule has 0 bridgehead atoms. The summed E-state index contributed by atoms with van der Waals surface area (Å²) >= 11 is 0. The molecule has 0 atom stereocenters. The number of unbranched alkanes of at least 4 members (excludes halogenated alkanes) is 2. The van der Waals surface area contributed by atoms with Gasteiger partial charge in [0.1, 0.15) is 5.75 Å². The van der Waals surface area contributed by atoms with Crippen molar-refractivity contribution in [2.24, 2.45) is 5.92 Å². The molecule has 27 heavy (non-hydrogen) atoms. The minimum Gasteiger partial charge on any atom is -0.493 e. The smallest absolute Gasteiger partial charge is 0.122 e. The van der Waals surface area contributed by atoms with Crippen LogP contribution in [-0.2, 0) is 6.42 Å². The maximum Gasteiger partial charge on any atom is 0.122 e. The molecule has 146 valence electrons. The zero-order chi connectivity index (χ0) is 18.7. The van der Waals surface area contributed by atoms with Crippen LogP contribution in [0.5, 0.6) is 5.75 Å². The van der Waals surface area contributed by atoms with E-state index in [0.717, 1.165) is 24.7 Å². The molecule has 0 aromatic heterocycles. The van der Waals surface area contributed by atoms with Crippen molar-refractivity contribution >= 4 is 0 Å². The van der Waals surface area contributed by atoms with Crippen molar-refractivity contribution < 1.29 is 4.74 Å².